The molecule has 3 aromatic carbocycles. The smallest absolute Gasteiger partial charge is 0.303 e. The number of phenols is 1. The molecule has 4 amide bonds. The van der Waals surface area contributed by atoms with Gasteiger partial charge in [-0.2, -0.15) is 5.01 Å². The quantitative estimate of drug-likeness (QED) is 0.0998. The van der Waals surface area contributed by atoms with Crippen LogP contribution >= 0.6 is 23.2 Å². The number of likely N-dealkylation sites (tertiary alicyclic amines) is 1. The summed E-state index contributed by atoms with van der Waals surface area (Å²) in [6.45, 7) is 0.144. The number of rotatable bonds is 13. The Morgan fingerprint density at radius 2 is 1.57 bits per heavy atom. The van der Waals surface area contributed by atoms with Gasteiger partial charge in [0.15, 0.2) is 0 Å². The molecule has 3 fully saturated rings. The number of benzene rings is 3. The van der Waals surface area contributed by atoms with Crippen LogP contribution in [0.25, 0.3) is 0 Å². The molecule has 2 aliphatic carbocycles. The first-order valence-corrected chi connectivity index (χ1v) is 19.1. The number of allylic oxidation sites excluding steroid dienone is 2. The zero-order chi connectivity index (χ0) is 40.1. The summed E-state index contributed by atoms with van der Waals surface area (Å²) >= 11 is 12.7. The van der Waals surface area contributed by atoms with Gasteiger partial charge in [-0.1, -0.05) is 53.4 Å². The number of nitrogens with zero attached hydrogens (tertiary/aromatic N) is 2. The van der Waals surface area contributed by atoms with Gasteiger partial charge in [0, 0.05) is 41.6 Å². The van der Waals surface area contributed by atoms with Gasteiger partial charge >= 0.3 is 5.97 Å². The van der Waals surface area contributed by atoms with Crippen molar-refractivity contribution in [3.8, 4) is 23.0 Å². The number of hydrogen-bond acceptors (Lipinski definition) is 10. The lowest BCUT2D eigenvalue weighted by atomic mass is 9.49. The zero-order valence-corrected chi connectivity index (χ0v) is 32.4. The van der Waals surface area contributed by atoms with Crippen LogP contribution in [-0.4, -0.2) is 77.6 Å². The second kappa shape index (κ2) is 15.3. The average Bonchev–Trinajstić information content (AvgIpc) is 3.55. The number of fused-ring (bicyclic) bond motifs is 4. The predicted octanol–water partition coefficient (Wildman–Crippen LogP) is 6.35. The van der Waals surface area contributed by atoms with Crippen molar-refractivity contribution in [3.05, 3.63) is 87.4 Å². The van der Waals surface area contributed by atoms with Crippen LogP contribution in [0.3, 0.4) is 0 Å². The summed E-state index contributed by atoms with van der Waals surface area (Å²) in [6, 6.07) is 14.3. The van der Waals surface area contributed by atoms with Crippen LogP contribution in [0.15, 0.2) is 66.2 Å². The second-order valence-electron chi connectivity index (χ2n) is 14.5. The summed E-state index contributed by atoms with van der Waals surface area (Å²) < 4.78 is 17.3. The molecular formula is C41H41Cl2N3O10. The lowest BCUT2D eigenvalue weighted by Crippen LogP contribution is -2.53. The van der Waals surface area contributed by atoms with Gasteiger partial charge in [-0.3, -0.25) is 34.3 Å². The second-order valence-corrected chi connectivity index (χ2v) is 15.4. The van der Waals surface area contributed by atoms with E-state index in [-0.39, 0.29) is 65.6 Å². The maximum absolute atomic E-state index is 15.6. The molecule has 15 heteroatoms. The number of aliphatic carboxylic acids is 1. The maximum atomic E-state index is 15.6. The lowest BCUT2D eigenvalue weighted by Gasteiger charge is -2.51. The average molecular weight is 807 g/mol. The molecule has 0 radical (unpaired) electrons. The van der Waals surface area contributed by atoms with E-state index < -0.39 is 52.8 Å². The highest BCUT2D eigenvalue weighted by Gasteiger charge is 2.71. The first-order chi connectivity index (χ1) is 26.9. The highest BCUT2D eigenvalue weighted by molar-refractivity contribution is 6.36. The zero-order valence-electron chi connectivity index (χ0n) is 30.9. The van der Waals surface area contributed by atoms with Gasteiger partial charge < -0.3 is 24.4 Å². The summed E-state index contributed by atoms with van der Waals surface area (Å²) in [4.78, 5) is 71.2. The van der Waals surface area contributed by atoms with Crippen LogP contribution in [0.5, 0.6) is 23.0 Å². The number of unbranched alkanes of at least 4 members (excludes halogenated alkanes) is 2. The molecule has 0 aromatic heterocycles. The first-order valence-electron chi connectivity index (χ1n) is 18.3. The molecule has 2 aliphatic heterocycles. The largest absolute Gasteiger partial charge is 0.508 e. The molecule has 2 heterocycles. The predicted molar refractivity (Wildman–Crippen MR) is 205 cm³/mol. The molecule has 294 valence electrons. The normalized spacial score (nSPS) is 25.4. The molecule has 3 aromatic rings. The maximum Gasteiger partial charge on any atom is 0.303 e. The van der Waals surface area contributed by atoms with Gasteiger partial charge in [0.25, 0.3) is 11.8 Å². The van der Waals surface area contributed by atoms with E-state index in [2.05, 4.69) is 5.43 Å². The molecule has 4 aliphatic rings. The Balaban J connectivity index is 1.42. The molecule has 3 N–H and O–H groups in total. The number of carbonyl (C=O) groups excluding carboxylic acids is 4. The Hall–Kier alpha value is -5.27. The van der Waals surface area contributed by atoms with E-state index in [1.807, 2.05) is 6.08 Å². The van der Waals surface area contributed by atoms with Crippen LogP contribution in [0, 0.1) is 23.7 Å². The van der Waals surface area contributed by atoms with Crippen molar-refractivity contribution in [3.63, 3.8) is 0 Å². The summed E-state index contributed by atoms with van der Waals surface area (Å²) in [5.41, 5.74) is 3.06. The number of carboxylic acid groups (broad SMARTS) is 1. The number of imide groups is 2. The Bertz CT molecular complexity index is 2120. The standard InChI is InChI=1S/C41H41Cl2N3O10/c1-54-24-11-8-21(9-12-24)41-28(38(51)46(40(41)53)44-30-15-10-22(42)17-29(30)43)20-27-25(36(41)35-31(55-2)18-23(47)19-32(35)56-3)13-14-26-34(27)39(52)45(37(26)50)16-6-4-5-7-33(48)49/h8-13,15,17-19,26-28,34,36,44,47H,4-7,14,16,20H2,1-3H3,(H,48,49)/t26-,27+,28-,34-,36+,41+/m0/s1. The van der Waals surface area contributed by atoms with Gasteiger partial charge in [0.1, 0.15) is 23.0 Å². The molecule has 2 saturated heterocycles. The van der Waals surface area contributed by atoms with E-state index in [1.54, 1.807) is 36.4 Å². The number of amides is 4. The number of phenolic OH excluding ortho intramolecular Hbond substituents is 1. The fraction of sp³-hybridized carbons (Fsp3) is 0.390. The van der Waals surface area contributed by atoms with Crippen LogP contribution in [0.1, 0.15) is 55.6 Å². The SMILES string of the molecule is COc1ccc([C@@]23C(=O)N(Nc4ccc(Cl)cc4Cl)C(=O)[C@@H]2C[C@@H]2C(=CC[C@@H]4C(=O)N(CCCCCC(=O)O)C(=O)[C@@H]42)[C@@H]3c2c(OC)cc(O)cc2OC)cc1. The molecule has 0 spiro atoms. The third-order valence-corrected chi connectivity index (χ3v) is 12.3. The number of halogens is 2. The summed E-state index contributed by atoms with van der Waals surface area (Å²) in [6.07, 6.45) is 3.54. The Labute approximate surface area is 333 Å². The van der Waals surface area contributed by atoms with E-state index in [4.69, 9.17) is 42.5 Å². The van der Waals surface area contributed by atoms with Crippen molar-refractivity contribution >= 4 is 58.5 Å². The van der Waals surface area contributed by atoms with Crippen LogP contribution in [-0.2, 0) is 29.4 Å². The number of hydrazine groups is 1. The fourth-order valence-electron chi connectivity index (χ4n) is 9.38. The molecule has 0 bridgehead atoms. The third-order valence-electron chi connectivity index (χ3n) is 11.8. The van der Waals surface area contributed by atoms with Gasteiger partial charge in [0.05, 0.1) is 55.2 Å². The molecule has 13 nitrogen and oxygen atoms in total. The highest BCUT2D eigenvalue weighted by atomic mass is 35.5. The van der Waals surface area contributed by atoms with E-state index >= 15 is 9.59 Å². The van der Waals surface area contributed by atoms with E-state index in [1.165, 1.54) is 44.4 Å². The number of anilines is 1. The van der Waals surface area contributed by atoms with Gasteiger partial charge in [-0.15, -0.1) is 0 Å². The van der Waals surface area contributed by atoms with Crippen molar-refractivity contribution in [1.82, 2.24) is 9.91 Å². The third kappa shape index (κ3) is 6.30. The minimum Gasteiger partial charge on any atom is -0.508 e. The topological polar surface area (TPSA) is 172 Å². The summed E-state index contributed by atoms with van der Waals surface area (Å²) in [5.74, 6) is -6.34. The lowest BCUT2D eigenvalue weighted by molar-refractivity contribution is -0.141. The minimum absolute atomic E-state index is 0.00570. The first kappa shape index (κ1) is 39.0. The van der Waals surface area contributed by atoms with Crippen molar-refractivity contribution in [2.75, 3.05) is 33.3 Å². The molecule has 7 rings (SSSR count). The Morgan fingerprint density at radius 1 is 0.875 bits per heavy atom. The number of methoxy groups -OCH3 is 3. The number of aromatic hydroxyl groups is 1. The Kier molecular flexibility index (Phi) is 10.7. The van der Waals surface area contributed by atoms with E-state index in [9.17, 15) is 19.5 Å². The summed E-state index contributed by atoms with van der Waals surface area (Å²) in [7, 11) is 4.36. The molecule has 56 heavy (non-hydrogen) atoms. The number of nitrogens with one attached hydrogen (secondary N) is 1. The fourth-order valence-corrected chi connectivity index (χ4v) is 9.83. The minimum atomic E-state index is -1.68. The van der Waals surface area contributed by atoms with Gasteiger partial charge in [-0.25, -0.2) is 0 Å². The highest BCUT2D eigenvalue weighted by Crippen LogP contribution is 2.66. The molecule has 1 saturated carbocycles. The van der Waals surface area contributed by atoms with E-state index in [0.29, 0.717) is 46.7 Å². The van der Waals surface area contributed by atoms with Crippen molar-refractivity contribution in [2.45, 2.75) is 49.9 Å². The number of carbonyl (C=O) groups is 5. The number of ether oxygens (including phenoxy) is 3. The van der Waals surface area contributed by atoms with Crippen LogP contribution in [0.2, 0.25) is 10.0 Å². The molecule has 0 unspecified atom stereocenters. The van der Waals surface area contributed by atoms with Crippen LogP contribution < -0.4 is 19.6 Å². The summed E-state index contributed by atoms with van der Waals surface area (Å²) in [5, 5.41) is 21.3. The van der Waals surface area contributed by atoms with Gasteiger partial charge in [-0.05, 0) is 67.5 Å². The number of hydrogen-bond donors (Lipinski definition) is 3. The molecule has 6 atom stereocenters. The van der Waals surface area contributed by atoms with Crippen molar-refractivity contribution in [1.29, 1.82) is 0 Å². The van der Waals surface area contributed by atoms with Crippen molar-refractivity contribution < 1.29 is 48.4 Å². The van der Waals surface area contributed by atoms with Crippen molar-refractivity contribution in [2.24, 2.45) is 23.7 Å². The van der Waals surface area contributed by atoms with Gasteiger partial charge in [0.2, 0.25) is 11.8 Å². The Morgan fingerprint density at radius 3 is 2.20 bits per heavy atom. The van der Waals surface area contributed by atoms with E-state index in [0.717, 1.165) is 5.01 Å². The monoisotopic (exact) mass is 805 g/mol. The molecular weight excluding hydrogens is 765 g/mol. The number of carboxylic acids is 1. The van der Waals surface area contributed by atoms with Crippen LogP contribution in [0.4, 0.5) is 5.69 Å².